The quantitative estimate of drug-likeness (QED) is 0.765. The molecule has 1 saturated carbocycles. The highest BCUT2D eigenvalue weighted by Crippen LogP contribution is 2.32. The lowest BCUT2D eigenvalue weighted by Crippen LogP contribution is -2.05. The van der Waals surface area contributed by atoms with Gasteiger partial charge < -0.3 is 15.2 Å². The lowest BCUT2D eigenvalue weighted by atomic mass is 9.84. The van der Waals surface area contributed by atoms with Crippen molar-refractivity contribution in [2.45, 2.75) is 44.6 Å². The van der Waals surface area contributed by atoms with Crippen LogP contribution in [0.3, 0.4) is 0 Å². The smallest absolute Gasteiger partial charge is 0.341 e. The van der Waals surface area contributed by atoms with Gasteiger partial charge in [0.15, 0.2) is 0 Å². The lowest BCUT2D eigenvalue weighted by molar-refractivity contribution is 0.0597. The van der Waals surface area contributed by atoms with E-state index < -0.39 is 5.97 Å². The van der Waals surface area contributed by atoms with Gasteiger partial charge in [0.05, 0.1) is 7.11 Å². The van der Waals surface area contributed by atoms with Crippen molar-refractivity contribution in [3.8, 4) is 5.75 Å². The van der Waals surface area contributed by atoms with Gasteiger partial charge in [0.2, 0.25) is 0 Å². The maximum absolute atomic E-state index is 11.5. The van der Waals surface area contributed by atoms with Crippen LogP contribution in [0.15, 0.2) is 42.5 Å². The fourth-order valence-electron chi connectivity index (χ4n) is 3.47. The molecule has 1 aliphatic rings. The summed E-state index contributed by atoms with van der Waals surface area (Å²) in [7, 11) is 1.30. The van der Waals surface area contributed by atoms with Crippen molar-refractivity contribution in [1.29, 1.82) is 0 Å². The van der Waals surface area contributed by atoms with Crippen molar-refractivity contribution >= 4 is 11.7 Å². The molecule has 0 aromatic heterocycles. The highest BCUT2D eigenvalue weighted by Gasteiger charge is 2.15. The average Bonchev–Trinajstić information content (AvgIpc) is 2.67. The SMILES string of the molecule is COC(=O)c1ccc(NCc2ccc(C3CCCCC3)cc2)cc1O. The number of ether oxygens (including phenoxy) is 1. The molecule has 0 unspecified atom stereocenters. The zero-order valence-corrected chi connectivity index (χ0v) is 14.6. The summed E-state index contributed by atoms with van der Waals surface area (Å²) in [6, 6.07) is 13.7. The van der Waals surface area contributed by atoms with Crippen molar-refractivity contribution in [2.75, 3.05) is 12.4 Å². The van der Waals surface area contributed by atoms with E-state index in [9.17, 15) is 9.90 Å². The molecule has 1 aliphatic carbocycles. The van der Waals surface area contributed by atoms with Crippen LogP contribution in [0.4, 0.5) is 5.69 Å². The summed E-state index contributed by atoms with van der Waals surface area (Å²) in [6.07, 6.45) is 6.69. The molecule has 0 saturated heterocycles. The van der Waals surface area contributed by atoms with Crippen LogP contribution < -0.4 is 5.32 Å². The van der Waals surface area contributed by atoms with Gasteiger partial charge in [-0.25, -0.2) is 4.79 Å². The van der Waals surface area contributed by atoms with Gasteiger partial charge in [0.1, 0.15) is 11.3 Å². The van der Waals surface area contributed by atoms with Gasteiger partial charge in [-0.05, 0) is 42.0 Å². The first-order chi connectivity index (χ1) is 12.2. The molecule has 0 aliphatic heterocycles. The topological polar surface area (TPSA) is 58.6 Å². The fraction of sp³-hybridized carbons (Fsp3) is 0.381. The van der Waals surface area contributed by atoms with E-state index in [2.05, 4.69) is 34.3 Å². The Hall–Kier alpha value is -2.49. The number of rotatable bonds is 5. The molecule has 0 heterocycles. The van der Waals surface area contributed by atoms with Gasteiger partial charge in [-0.15, -0.1) is 0 Å². The molecule has 4 nitrogen and oxygen atoms in total. The van der Waals surface area contributed by atoms with E-state index in [1.807, 2.05) is 0 Å². The minimum absolute atomic E-state index is 0.0792. The Labute approximate surface area is 148 Å². The number of methoxy groups -OCH3 is 1. The van der Waals surface area contributed by atoms with Gasteiger partial charge in [0.25, 0.3) is 0 Å². The summed E-state index contributed by atoms with van der Waals surface area (Å²) >= 11 is 0. The average molecular weight is 339 g/mol. The maximum Gasteiger partial charge on any atom is 0.341 e. The van der Waals surface area contributed by atoms with E-state index in [4.69, 9.17) is 0 Å². The summed E-state index contributed by atoms with van der Waals surface area (Å²) in [5.74, 6) is 0.102. The molecule has 0 bridgehead atoms. The zero-order chi connectivity index (χ0) is 17.6. The number of carbonyl (C=O) groups is 1. The van der Waals surface area contributed by atoms with Crippen LogP contribution in [0.5, 0.6) is 5.75 Å². The molecule has 0 radical (unpaired) electrons. The number of aromatic hydroxyl groups is 1. The third-order valence-electron chi connectivity index (χ3n) is 4.96. The number of phenolic OH excluding ortho intramolecular Hbond substituents is 1. The van der Waals surface area contributed by atoms with Crippen molar-refractivity contribution in [2.24, 2.45) is 0 Å². The molecular formula is C21H25NO3. The van der Waals surface area contributed by atoms with E-state index in [0.717, 1.165) is 11.6 Å². The van der Waals surface area contributed by atoms with Gasteiger partial charge in [-0.2, -0.15) is 0 Å². The Bertz CT molecular complexity index is 718. The zero-order valence-electron chi connectivity index (χ0n) is 14.6. The predicted octanol–water partition coefficient (Wildman–Crippen LogP) is 4.84. The normalized spacial score (nSPS) is 14.9. The molecule has 3 rings (SSSR count). The van der Waals surface area contributed by atoms with Crippen LogP contribution >= 0.6 is 0 Å². The molecule has 2 N–H and O–H groups in total. The molecular weight excluding hydrogens is 314 g/mol. The number of hydrogen-bond donors (Lipinski definition) is 2. The van der Waals surface area contributed by atoms with E-state index in [0.29, 0.717) is 6.54 Å². The Kier molecular flexibility index (Phi) is 5.59. The molecule has 1 fully saturated rings. The molecule has 4 heteroatoms. The van der Waals surface area contributed by atoms with Crippen LogP contribution in [0.1, 0.15) is 59.5 Å². The number of nitrogens with one attached hydrogen (secondary N) is 1. The van der Waals surface area contributed by atoms with Crippen molar-refractivity contribution in [3.63, 3.8) is 0 Å². The first-order valence-corrected chi connectivity index (χ1v) is 8.91. The van der Waals surface area contributed by atoms with Crippen LogP contribution in [-0.4, -0.2) is 18.2 Å². The Morgan fingerprint density at radius 3 is 2.48 bits per heavy atom. The van der Waals surface area contributed by atoms with Gasteiger partial charge in [0, 0.05) is 18.3 Å². The second-order valence-electron chi connectivity index (χ2n) is 6.65. The van der Waals surface area contributed by atoms with Gasteiger partial charge in [-0.3, -0.25) is 0 Å². The van der Waals surface area contributed by atoms with E-state index >= 15 is 0 Å². The minimum atomic E-state index is -0.539. The molecule has 2 aromatic carbocycles. The van der Waals surface area contributed by atoms with Crippen LogP contribution in [-0.2, 0) is 11.3 Å². The summed E-state index contributed by atoms with van der Waals surface area (Å²) in [5, 5.41) is 13.2. The van der Waals surface area contributed by atoms with Crippen LogP contribution in [0.25, 0.3) is 0 Å². The first kappa shape index (κ1) is 17.3. The van der Waals surface area contributed by atoms with E-state index in [-0.39, 0.29) is 11.3 Å². The number of anilines is 1. The highest BCUT2D eigenvalue weighted by atomic mass is 16.5. The molecule has 0 amide bonds. The summed E-state index contributed by atoms with van der Waals surface area (Å²) in [5.41, 5.74) is 3.58. The van der Waals surface area contributed by atoms with Crippen molar-refractivity contribution in [1.82, 2.24) is 0 Å². The number of esters is 1. The minimum Gasteiger partial charge on any atom is -0.507 e. The number of benzene rings is 2. The van der Waals surface area contributed by atoms with Crippen molar-refractivity contribution < 1.29 is 14.6 Å². The summed E-state index contributed by atoms with van der Waals surface area (Å²) in [6.45, 7) is 0.669. The monoisotopic (exact) mass is 339 g/mol. The standard InChI is InChI=1S/C21H25NO3/c1-25-21(24)19-12-11-18(13-20(19)23)22-14-15-7-9-17(10-8-15)16-5-3-2-4-6-16/h7-13,16,22-23H,2-6,14H2,1H3. The Morgan fingerprint density at radius 1 is 1.12 bits per heavy atom. The Balaban J connectivity index is 1.59. The molecule has 25 heavy (non-hydrogen) atoms. The number of phenols is 1. The third kappa shape index (κ3) is 4.32. The van der Waals surface area contributed by atoms with Crippen LogP contribution in [0, 0.1) is 0 Å². The summed E-state index contributed by atoms with van der Waals surface area (Å²) in [4.78, 5) is 11.5. The lowest BCUT2D eigenvalue weighted by Gasteiger charge is -2.22. The number of hydrogen-bond acceptors (Lipinski definition) is 4. The molecule has 0 atom stereocenters. The Morgan fingerprint density at radius 2 is 1.84 bits per heavy atom. The fourth-order valence-corrected chi connectivity index (χ4v) is 3.47. The van der Waals surface area contributed by atoms with E-state index in [1.165, 1.54) is 50.3 Å². The molecule has 0 spiro atoms. The highest BCUT2D eigenvalue weighted by molar-refractivity contribution is 5.92. The second kappa shape index (κ2) is 8.06. The molecule has 2 aromatic rings. The van der Waals surface area contributed by atoms with Crippen LogP contribution in [0.2, 0.25) is 0 Å². The number of carbonyl (C=O) groups excluding carboxylic acids is 1. The predicted molar refractivity (Wildman–Crippen MR) is 99.0 cm³/mol. The summed E-state index contributed by atoms with van der Waals surface area (Å²) < 4.78 is 4.63. The van der Waals surface area contributed by atoms with E-state index in [1.54, 1.807) is 18.2 Å². The van der Waals surface area contributed by atoms with Gasteiger partial charge in [-0.1, -0.05) is 43.5 Å². The third-order valence-corrected chi connectivity index (χ3v) is 4.96. The van der Waals surface area contributed by atoms with Gasteiger partial charge >= 0.3 is 5.97 Å². The largest absolute Gasteiger partial charge is 0.507 e. The first-order valence-electron chi connectivity index (χ1n) is 8.91. The second-order valence-corrected chi connectivity index (χ2v) is 6.65. The molecule has 132 valence electrons. The van der Waals surface area contributed by atoms with Crippen molar-refractivity contribution in [3.05, 3.63) is 59.2 Å². The maximum atomic E-state index is 11.5.